The normalized spacial score (nSPS) is 12.4. The number of aromatic nitrogens is 1. The molecule has 1 N–H and O–H groups in total. The van der Waals surface area contributed by atoms with Gasteiger partial charge in [-0.2, -0.15) is 0 Å². The zero-order valence-electron chi connectivity index (χ0n) is 10.2. The molecule has 4 nitrogen and oxygen atoms in total. The number of aromatic amines is 1. The number of hydrogen-bond donors (Lipinski definition) is 1. The predicted molar refractivity (Wildman–Crippen MR) is 67.1 cm³/mol. The number of nitrogens with one attached hydrogen (secondary N) is 1. The Morgan fingerprint density at radius 1 is 1.35 bits per heavy atom. The zero-order chi connectivity index (χ0) is 12.4. The second-order valence-corrected chi connectivity index (χ2v) is 4.22. The van der Waals surface area contributed by atoms with Crippen molar-refractivity contribution in [3.05, 3.63) is 30.5 Å². The Hall–Kier alpha value is -1.97. The molecule has 1 unspecified atom stereocenters. The number of hydrogen-bond acceptors (Lipinski definition) is 2. The lowest BCUT2D eigenvalue weighted by molar-refractivity contribution is -0.135. The second-order valence-electron chi connectivity index (χ2n) is 4.22. The number of carbonyl (C=O) groups excluding carboxylic acids is 1. The number of ether oxygens (including phenoxy) is 1. The summed E-state index contributed by atoms with van der Waals surface area (Å²) in [6.07, 6.45) is 1.41. The fraction of sp³-hybridized carbons (Fsp3) is 0.308. The number of rotatable bonds is 3. The average molecular weight is 232 g/mol. The van der Waals surface area contributed by atoms with Gasteiger partial charge < -0.3 is 14.6 Å². The lowest BCUT2D eigenvalue weighted by Crippen LogP contribution is -2.35. The van der Waals surface area contributed by atoms with Gasteiger partial charge in [-0.25, -0.2) is 0 Å². The first-order chi connectivity index (χ1) is 8.08. The smallest absolute Gasteiger partial charge is 0.262 e. The van der Waals surface area contributed by atoms with Gasteiger partial charge in [-0.05, 0) is 31.2 Å². The van der Waals surface area contributed by atoms with Crippen molar-refractivity contribution >= 4 is 16.8 Å². The Labute approximate surface area is 100 Å². The monoisotopic (exact) mass is 232 g/mol. The molecule has 0 radical (unpaired) electrons. The van der Waals surface area contributed by atoms with Gasteiger partial charge >= 0.3 is 0 Å². The molecule has 0 bridgehead atoms. The van der Waals surface area contributed by atoms with E-state index in [0.717, 1.165) is 10.9 Å². The topological polar surface area (TPSA) is 45.3 Å². The maximum absolute atomic E-state index is 11.7. The van der Waals surface area contributed by atoms with Crippen LogP contribution in [0.1, 0.15) is 6.92 Å². The molecule has 1 amide bonds. The summed E-state index contributed by atoms with van der Waals surface area (Å²) >= 11 is 0. The Bertz CT molecular complexity index is 531. The Morgan fingerprint density at radius 3 is 2.82 bits per heavy atom. The standard InChI is InChI=1S/C13H16N2O2/c1-9(13(16)15(2)3)17-11-4-5-12-10(8-11)6-7-14-12/h4-9,14H,1-3H3. The molecule has 0 aliphatic rings. The third-order valence-corrected chi connectivity index (χ3v) is 2.63. The van der Waals surface area contributed by atoms with Crippen molar-refractivity contribution in [3.63, 3.8) is 0 Å². The molecule has 0 aliphatic carbocycles. The maximum Gasteiger partial charge on any atom is 0.262 e. The minimum Gasteiger partial charge on any atom is -0.481 e. The van der Waals surface area contributed by atoms with Crippen molar-refractivity contribution in [1.29, 1.82) is 0 Å². The van der Waals surface area contributed by atoms with Crippen molar-refractivity contribution < 1.29 is 9.53 Å². The van der Waals surface area contributed by atoms with Gasteiger partial charge in [0.25, 0.3) is 5.91 Å². The van der Waals surface area contributed by atoms with Gasteiger partial charge in [0.15, 0.2) is 6.10 Å². The van der Waals surface area contributed by atoms with Crippen molar-refractivity contribution in [1.82, 2.24) is 9.88 Å². The molecule has 90 valence electrons. The van der Waals surface area contributed by atoms with E-state index in [4.69, 9.17) is 4.74 Å². The van der Waals surface area contributed by atoms with Crippen LogP contribution >= 0.6 is 0 Å². The fourth-order valence-electron chi connectivity index (χ4n) is 1.72. The van der Waals surface area contributed by atoms with E-state index in [1.54, 1.807) is 21.0 Å². The van der Waals surface area contributed by atoms with Crippen LogP contribution in [0.5, 0.6) is 5.75 Å². The van der Waals surface area contributed by atoms with Crippen LogP contribution in [0, 0.1) is 0 Å². The summed E-state index contributed by atoms with van der Waals surface area (Å²) in [6.45, 7) is 1.75. The van der Waals surface area contributed by atoms with E-state index >= 15 is 0 Å². The number of nitrogens with zero attached hydrogens (tertiary/aromatic N) is 1. The van der Waals surface area contributed by atoms with Crippen LogP contribution < -0.4 is 4.74 Å². The van der Waals surface area contributed by atoms with Gasteiger partial charge in [-0.1, -0.05) is 0 Å². The molecule has 0 spiro atoms. The maximum atomic E-state index is 11.7. The molecule has 17 heavy (non-hydrogen) atoms. The molecule has 0 saturated carbocycles. The summed E-state index contributed by atoms with van der Waals surface area (Å²) in [7, 11) is 3.44. The summed E-state index contributed by atoms with van der Waals surface area (Å²) in [5, 5.41) is 1.08. The van der Waals surface area contributed by atoms with Gasteiger partial charge in [0.1, 0.15) is 5.75 Å². The number of benzene rings is 1. The van der Waals surface area contributed by atoms with Gasteiger partial charge in [0, 0.05) is 31.2 Å². The summed E-state index contributed by atoms with van der Waals surface area (Å²) < 4.78 is 5.61. The van der Waals surface area contributed by atoms with E-state index in [1.165, 1.54) is 4.90 Å². The number of likely N-dealkylation sites (N-methyl/N-ethyl adjacent to an activating group) is 1. The first-order valence-corrected chi connectivity index (χ1v) is 5.53. The highest BCUT2D eigenvalue weighted by Gasteiger charge is 2.16. The molecular formula is C13H16N2O2. The van der Waals surface area contributed by atoms with Crippen LogP contribution in [0.4, 0.5) is 0 Å². The lowest BCUT2D eigenvalue weighted by Gasteiger charge is -2.18. The third-order valence-electron chi connectivity index (χ3n) is 2.63. The molecule has 0 fully saturated rings. The first-order valence-electron chi connectivity index (χ1n) is 5.53. The SMILES string of the molecule is CC(Oc1ccc2[nH]ccc2c1)C(=O)N(C)C. The molecule has 4 heteroatoms. The van der Waals surface area contributed by atoms with Crippen LogP contribution in [0.2, 0.25) is 0 Å². The summed E-state index contributed by atoms with van der Waals surface area (Å²) in [5.74, 6) is 0.666. The lowest BCUT2D eigenvalue weighted by atomic mass is 10.2. The van der Waals surface area contributed by atoms with Crippen LogP contribution in [0.25, 0.3) is 10.9 Å². The van der Waals surface area contributed by atoms with Crippen molar-refractivity contribution in [3.8, 4) is 5.75 Å². The van der Waals surface area contributed by atoms with E-state index in [0.29, 0.717) is 5.75 Å². The molecular weight excluding hydrogens is 216 g/mol. The van der Waals surface area contributed by atoms with Crippen molar-refractivity contribution in [2.75, 3.05) is 14.1 Å². The molecule has 2 aromatic rings. The minimum atomic E-state index is -0.471. The number of H-pyrrole nitrogens is 1. The summed E-state index contributed by atoms with van der Waals surface area (Å²) in [6, 6.07) is 7.70. The van der Waals surface area contributed by atoms with E-state index in [-0.39, 0.29) is 5.91 Å². The van der Waals surface area contributed by atoms with Crippen molar-refractivity contribution in [2.45, 2.75) is 13.0 Å². The van der Waals surface area contributed by atoms with E-state index in [9.17, 15) is 4.79 Å². The highest BCUT2D eigenvalue weighted by Crippen LogP contribution is 2.20. The summed E-state index contributed by atoms with van der Waals surface area (Å²) in [4.78, 5) is 16.3. The minimum absolute atomic E-state index is 0.0424. The molecule has 0 saturated heterocycles. The van der Waals surface area contributed by atoms with Gasteiger partial charge in [-0.15, -0.1) is 0 Å². The zero-order valence-corrected chi connectivity index (χ0v) is 10.2. The second kappa shape index (κ2) is 4.49. The van der Waals surface area contributed by atoms with Gasteiger partial charge in [-0.3, -0.25) is 4.79 Å². The van der Waals surface area contributed by atoms with Gasteiger partial charge in [0.05, 0.1) is 0 Å². The molecule has 1 heterocycles. The van der Waals surface area contributed by atoms with E-state index in [2.05, 4.69) is 4.98 Å². The number of fused-ring (bicyclic) bond motifs is 1. The molecule has 1 aromatic heterocycles. The largest absolute Gasteiger partial charge is 0.481 e. The number of amides is 1. The van der Waals surface area contributed by atoms with Crippen LogP contribution in [0.3, 0.4) is 0 Å². The highest BCUT2D eigenvalue weighted by molar-refractivity contribution is 5.82. The molecule has 0 aliphatic heterocycles. The highest BCUT2D eigenvalue weighted by atomic mass is 16.5. The Kier molecular flexibility index (Phi) is 3.04. The van der Waals surface area contributed by atoms with Crippen LogP contribution in [-0.2, 0) is 4.79 Å². The van der Waals surface area contributed by atoms with Crippen LogP contribution in [-0.4, -0.2) is 36.0 Å². The molecule has 1 aromatic carbocycles. The van der Waals surface area contributed by atoms with Crippen LogP contribution in [0.15, 0.2) is 30.5 Å². The molecule has 2 rings (SSSR count). The van der Waals surface area contributed by atoms with Gasteiger partial charge in [0.2, 0.25) is 0 Å². The molecule has 1 atom stereocenters. The van der Waals surface area contributed by atoms with E-state index in [1.807, 2.05) is 30.5 Å². The summed E-state index contributed by atoms with van der Waals surface area (Å²) in [5.41, 5.74) is 1.06. The third kappa shape index (κ3) is 2.41. The first kappa shape index (κ1) is 11.5. The number of carbonyl (C=O) groups is 1. The quantitative estimate of drug-likeness (QED) is 0.880. The Balaban J connectivity index is 2.15. The predicted octanol–water partition coefficient (Wildman–Crippen LogP) is 2.02. The van der Waals surface area contributed by atoms with Crippen molar-refractivity contribution in [2.24, 2.45) is 0 Å². The fourth-order valence-corrected chi connectivity index (χ4v) is 1.72. The average Bonchev–Trinajstić information content (AvgIpc) is 2.74. The van der Waals surface area contributed by atoms with E-state index < -0.39 is 6.10 Å². The Morgan fingerprint density at radius 2 is 2.12 bits per heavy atom.